The summed E-state index contributed by atoms with van der Waals surface area (Å²) >= 11 is 0. The van der Waals surface area contributed by atoms with Gasteiger partial charge in [0.2, 0.25) is 5.82 Å². The monoisotopic (exact) mass is 412 g/mol. The van der Waals surface area contributed by atoms with Crippen LogP contribution in [0.25, 0.3) is 0 Å². The number of halogens is 5. The van der Waals surface area contributed by atoms with E-state index in [9.17, 15) is 36.9 Å². The first kappa shape index (κ1) is 19.9. The number of nitro groups is 1. The fourth-order valence-corrected chi connectivity index (χ4v) is 2.39. The van der Waals surface area contributed by atoms with Crippen LogP contribution in [0.1, 0.15) is 15.9 Å². The van der Waals surface area contributed by atoms with Crippen LogP contribution in [0.15, 0.2) is 36.5 Å². The highest BCUT2D eigenvalue weighted by Crippen LogP contribution is 2.24. The molecule has 1 N–H and O–H groups in total. The second-order valence-electron chi connectivity index (χ2n) is 5.71. The van der Waals surface area contributed by atoms with Crippen LogP contribution in [0.4, 0.5) is 33.5 Å². The summed E-state index contributed by atoms with van der Waals surface area (Å²) in [7, 11) is 0. The number of hydrogen-bond acceptors (Lipinski definition) is 4. The summed E-state index contributed by atoms with van der Waals surface area (Å²) in [5.74, 6) is -11.1. The molecule has 0 aliphatic heterocycles. The van der Waals surface area contributed by atoms with E-state index in [1.165, 1.54) is 18.2 Å². The maximum atomic E-state index is 13.7. The molecule has 29 heavy (non-hydrogen) atoms. The summed E-state index contributed by atoms with van der Waals surface area (Å²) < 4.78 is 67.9. The predicted molar refractivity (Wildman–Crippen MR) is 88.6 cm³/mol. The van der Waals surface area contributed by atoms with Crippen molar-refractivity contribution in [3.63, 3.8) is 0 Å². The Hall–Kier alpha value is -3.83. The van der Waals surface area contributed by atoms with E-state index in [1.807, 2.05) is 0 Å². The van der Waals surface area contributed by atoms with Crippen molar-refractivity contribution in [3.8, 4) is 0 Å². The molecular weight excluding hydrogens is 403 g/mol. The Morgan fingerprint density at radius 2 is 1.52 bits per heavy atom. The summed E-state index contributed by atoms with van der Waals surface area (Å²) in [6, 6.07) is 5.89. The molecule has 1 heterocycles. The summed E-state index contributed by atoms with van der Waals surface area (Å²) in [4.78, 5) is 22.1. The maximum absolute atomic E-state index is 13.7. The van der Waals surface area contributed by atoms with Gasteiger partial charge in [-0.3, -0.25) is 19.6 Å². The molecule has 0 fully saturated rings. The zero-order valence-corrected chi connectivity index (χ0v) is 14.1. The van der Waals surface area contributed by atoms with Gasteiger partial charge >= 0.3 is 0 Å². The number of nitro benzene ring substituents is 1. The fourth-order valence-electron chi connectivity index (χ4n) is 2.39. The average molecular weight is 412 g/mol. The number of nitrogens with one attached hydrogen (secondary N) is 1. The van der Waals surface area contributed by atoms with Gasteiger partial charge in [-0.1, -0.05) is 0 Å². The highest BCUT2D eigenvalue weighted by molar-refractivity contribution is 6.03. The van der Waals surface area contributed by atoms with Crippen molar-refractivity contribution in [2.75, 3.05) is 5.32 Å². The van der Waals surface area contributed by atoms with E-state index in [0.29, 0.717) is 0 Å². The highest BCUT2D eigenvalue weighted by Gasteiger charge is 2.26. The summed E-state index contributed by atoms with van der Waals surface area (Å²) in [5.41, 5.74) is -1.23. The topological polar surface area (TPSA) is 90.1 Å². The molecule has 1 amide bonds. The number of anilines is 1. The van der Waals surface area contributed by atoms with Crippen molar-refractivity contribution in [1.29, 1.82) is 0 Å². The third-order valence-corrected chi connectivity index (χ3v) is 3.84. The van der Waals surface area contributed by atoms with Crippen LogP contribution in [0.5, 0.6) is 0 Å². The molecule has 12 heteroatoms. The van der Waals surface area contributed by atoms with E-state index in [2.05, 4.69) is 10.4 Å². The molecule has 0 radical (unpaired) electrons. The number of aromatic nitrogens is 2. The van der Waals surface area contributed by atoms with E-state index < -0.39 is 52.0 Å². The van der Waals surface area contributed by atoms with Crippen LogP contribution in [0, 0.1) is 39.2 Å². The largest absolute Gasteiger partial charge is 0.305 e. The summed E-state index contributed by atoms with van der Waals surface area (Å²) in [5, 5.41) is 16.7. The minimum atomic E-state index is -2.26. The van der Waals surface area contributed by atoms with Gasteiger partial charge in [0.1, 0.15) is 0 Å². The third kappa shape index (κ3) is 3.90. The van der Waals surface area contributed by atoms with Gasteiger partial charge in [-0.15, -0.1) is 0 Å². The minimum Gasteiger partial charge on any atom is -0.305 e. The number of rotatable bonds is 5. The zero-order valence-electron chi connectivity index (χ0n) is 14.1. The van der Waals surface area contributed by atoms with E-state index in [4.69, 9.17) is 0 Å². The van der Waals surface area contributed by atoms with Crippen LogP contribution in [-0.2, 0) is 6.54 Å². The average Bonchev–Trinajstić information content (AvgIpc) is 3.15. The van der Waals surface area contributed by atoms with Gasteiger partial charge in [0, 0.05) is 30.0 Å². The lowest BCUT2D eigenvalue weighted by molar-refractivity contribution is -0.384. The lowest BCUT2D eigenvalue weighted by Gasteiger charge is -2.08. The molecule has 0 bridgehead atoms. The Morgan fingerprint density at radius 3 is 2.07 bits per heavy atom. The molecule has 0 aliphatic rings. The molecule has 3 aromatic rings. The van der Waals surface area contributed by atoms with Crippen molar-refractivity contribution >= 4 is 17.4 Å². The standard InChI is InChI=1S/C17H9F5N4O3/c18-12-10(13(19)15(21)16(22)14(12)20)7-25-6-5-11(24-25)23-17(27)8-1-3-9(4-2-8)26(28)29/h1-6H,7H2,(H,23,24,27). The lowest BCUT2D eigenvalue weighted by Crippen LogP contribution is -2.14. The van der Waals surface area contributed by atoms with E-state index in [0.717, 1.165) is 23.0 Å². The molecule has 0 atom stereocenters. The van der Waals surface area contributed by atoms with Gasteiger partial charge in [-0.2, -0.15) is 5.10 Å². The summed E-state index contributed by atoms with van der Waals surface area (Å²) in [6.45, 7) is -0.779. The Bertz CT molecular complexity index is 1090. The lowest BCUT2D eigenvalue weighted by atomic mass is 10.1. The van der Waals surface area contributed by atoms with Crippen LogP contribution in [0.2, 0.25) is 0 Å². The van der Waals surface area contributed by atoms with E-state index >= 15 is 0 Å². The van der Waals surface area contributed by atoms with Crippen molar-refractivity contribution < 1.29 is 31.7 Å². The van der Waals surface area contributed by atoms with E-state index in [1.54, 1.807) is 0 Å². The fraction of sp³-hybridized carbons (Fsp3) is 0.0588. The summed E-state index contributed by atoms with van der Waals surface area (Å²) in [6.07, 6.45) is 1.16. The van der Waals surface area contributed by atoms with Crippen molar-refractivity contribution in [2.45, 2.75) is 6.54 Å². The molecule has 0 saturated heterocycles. The molecular formula is C17H9F5N4O3. The van der Waals surface area contributed by atoms with Crippen LogP contribution in [0.3, 0.4) is 0 Å². The molecule has 3 rings (SSSR count). The number of carbonyl (C=O) groups is 1. The number of amides is 1. The zero-order chi connectivity index (χ0) is 21.3. The molecule has 1 aromatic heterocycles. The second kappa shape index (κ2) is 7.66. The van der Waals surface area contributed by atoms with Gasteiger partial charge in [0.15, 0.2) is 29.1 Å². The van der Waals surface area contributed by atoms with E-state index in [-0.39, 0.29) is 17.1 Å². The van der Waals surface area contributed by atoms with Gasteiger partial charge < -0.3 is 5.32 Å². The van der Waals surface area contributed by atoms with Gasteiger partial charge in [0.25, 0.3) is 11.6 Å². The molecule has 7 nitrogen and oxygen atoms in total. The van der Waals surface area contributed by atoms with Gasteiger partial charge in [0.05, 0.1) is 17.0 Å². The quantitative estimate of drug-likeness (QED) is 0.227. The van der Waals surface area contributed by atoms with Crippen molar-refractivity contribution in [3.05, 3.63) is 86.9 Å². The molecule has 2 aromatic carbocycles. The SMILES string of the molecule is O=C(Nc1ccn(Cc2c(F)c(F)c(F)c(F)c2F)n1)c1ccc([N+](=O)[O-])cc1. The first-order chi connectivity index (χ1) is 13.7. The molecule has 0 saturated carbocycles. The first-order valence-electron chi connectivity index (χ1n) is 7.78. The number of carbonyl (C=O) groups excluding carboxylic acids is 1. The van der Waals surface area contributed by atoms with Crippen LogP contribution in [-0.4, -0.2) is 20.6 Å². The maximum Gasteiger partial charge on any atom is 0.269 e. The number of non-ortho nitro benzene ring substituents is 1. The van der Waals surface area contributed by atoms with Crippen molar-refractivity contribution in [2.24, 2.45) is 0 Å². The third-order valence-electron chi connectivity index (χ3n) is 3.84. The molecule has 150 valence electrons. The van der Waals surface area contributed by atoms with Crippen molar-refractivity contribution in [1.82, 2.24) is 9.78 Å². The van der Waals surface area contributed by atoms with Gasteiger partial charge in [-0.25, -0.2) is 22.0 Å². The van der Waals surface area contributed by atoms with Gasteiger partial charge in [-0.05, 0) is 12.1 Å². The number of nitrogens with zero attached hydrogens (tertiary/aromatic N) is 3. The Morgan fingerprint density at radius 1 is 0.966 bits per heavy atom. The van der Waals surface area contributed by atoms with Crippen LogP contribution < -0.4 is 5.32 Å². The minimum absolute atomic E-state index is 0.0720. The Kier molecular flexibility index (Phi) is 5.26. The molecule has 0 unspecified atom stereocenters. The predicted octanol–water partition coefficient (Wildman–Crippen LogP) is 3.79. The smallest absolute Gasteiger partial charge is 0.269 e. The first-order valence-corrected chi connectivity index (χ1v) is 7.78. The normalized spacial score (nSPS) is 10.8. The molecule has 0 aliphatic carbocycles. The number of hydrogen-bond donors (Lipinski definition) is 1. The van der Waals surface area contributed by atoms with Crippen LogP contribution >= 0.6 is 0 Å². The Balaban J connectivity index is 1.76. The highest BCUT2D eigenvalue weighted by atomic mass is 19.2. The number of benzene rings is 2. The molecule has 0 spiro atoms. The second-order valence-corrected chi connectivity index (χ2v) is 5.71. The Labute approximate surface area is 158 Å².